The Morgan fingerprint density at radius 3 is 2.68 bits per heavy atom. The quantitative estimate of drug-likeness (QED) is 0.874. The van der Waals surface area contributed by atoms with Gasteiger partial charge in [-0.2, -0.15) is 0 Å². The van der Waals surface area contributed by atoms with Crippen molar-refractivity contribution in [3.8, 4) is 0 Å². The first-order valence-electron chi connectivity index (χ1n) is 6.52. The average molecular weight is 283 g/mol. The van der Waals surface area contributed by atoms with E-state index in [4.69, 9.17) is 5.73 Å². The molecular formula is C13H21N3O2S. The summed E-state index contributed by atoms with van der Waals surface area (Å²) in [6, 6.07) is 3.19. The Kier molecular flexibility index (Phi) is 3.94. The fourth-order valence-electron chi connectivity index (χ4n) is 2.49. The van der Waals surface area contributed by atoms with Crippen LogP contribution in [0.1, 0.15) is 38.8 Å². The van der Waals surface area contributed by atoms with Crippen molar-refractivity contribution in [1.82, 2.24) is 9.71 Å². The zero-order valence-corrected chi connectivity index (χ0v) is 12.2. The molecule has 0 aromatic carbocycles. The van der Waals surface area contributed by atoms with E-state index in [0.29, 0.717) is 12.2 Å². The maximum absolute atomic E-state index is 12.3. The molecule has 5 nitrogen and oxygen atoms in total. The molecule has 0 amide bonds. The van der Waals surface area contributed by atoms with Crippen LogP contribution in [0.2, 0.25) is 0 Å². The van der Waals surface area contributed by atoms with Crippen LogP contribution >= 0.6 is 0 Å². The van der Waals surface area contributed by atoms with Crippen molar-refractivity contribution >= 4 is 10.0 Å². The minimum absolute atomic E-state index is 0.00770. The number of sulfonamides is 1. The summed E-state index contributed by atoms with van der Waals surface area (Å²) in [5.74, 6) is 0. The van der Waals surface area contributed by atoms with Gasteiger partial charge in [0.15, 0.2) is 0 Å². The maximum Gasteiger partial charge on any atom is 0.242 e. The number of hydrogen-bond acceptors (Lipinski definition) is 4. The van der Waals surface area contributed by atoms with Crippen LogP contribution in [0.15, 0.2) is 23.2 Å². The first-order valence-corrected chi connectivity index (χ1v) is 8.01. The van der Waals surface area contributed by atoms with Gasteiger partial charge in [0, 0.05) is 18.8 Å². The Labute approximate surface area is 114 Å². The van der Waals surface area contributed by atoms with Gasteiger partial charge in [0.05, 0.1) is 5.69 Å². The van der Waals surface area contributed by atoms with Crippen molar-refractivity contribution in [1.29, 1.82) is 0 Å². The number of nitrogens with one attached hydrogen (secondary N) is 1. The Morgan fingerprint density at radius 1 is 1.47 bits per heavy atom. The third-order valence-electron chi connectivity index (χ3n) is 3.87. The van der Waals surface area contributed by atoms with Gasteiger partial charge in [-0.3, -0.25) is 4.98 Å². The first-order chi connectivity index (χ1) is 8.85. The summed E-state index contributed by atoms with van der Waals surface area (Å²) < 4.78 is 27.4. The van der Waals surface area contributed by atoms with Crippen LogP contribution in [-0.4, -0.2) is 19.4 Å². The van der Waals surface area contributed by atoms with E-state index < -0.39 is 10.0 Å². The molecule has 0 saturated heterocycles. The lowest BCUT2D eigenvalue weighted by molar-refractivity contribution is 0.313. The van der Waals surface area contributed by atoms with Gasteiger partial charge in [0.1, 0.15) is 4.90 Å². The molecule has 6 heteroatoms. The maximum atomic E-state index is 12.3. The molecule has 1 unspecified atom stereocenters. The van der Waals surface area contributed by atoms with E-state index in [-0.39, 0.29) is 16.4 Å². The fraction of sp³-hybridized carbons (Fsp3) is 0.615. The molecule has 1 aromatic rings. The fourth-order valence-corrected chi connectivity index (χ4v) is 3.88. The van der Waals surface area contributed by atoms with Crippen molar-refractivity contribution < 1.29 is 8.42 Å². The lowest BCUT2D eigenvalue weighted by atomic mass is 9.88. The van der Waals surface area contributed by atoms with E-state index in [1.54, 1.807) is 12.1 Å². The number of hydrogen-bond donors (Lipinski definition) is 2. The van der Waals surface area contributed by atoms with Crippen molar-refractivity contribution in [3.63, 3.8) is 0 Å². The molecule has 0 radical (unpaired) electrons. The van der Waals surface area contributed by atoms with Gasteiger partial charge in [0.25, 0.3) is 0 Å². The van der Waals surface area contributed by atoms with Gasteiger partial charge in [0.2, 0.25) is 10.0 Å². The third-order valence-corrected chi connectivity index (χ3v) is 5.33. The Hall–Kier alpha value is -0.980. The topological polar surface area (TPSA) is 85.1 Å². The minimum Gasteiger partial charge on any atom is -0.325 e. The molecule has 1 fully saturated rings. The van der Waals surface area contributed by atoms with Crippen LogP contribution in [0.25, 0.3) is 0 Å². The van der Waals surface area contributed by atoms with Gasteiger partial charge in [-0.25, -0.2) is 13.1 Å². The lowest BCUT2D eigenvalue weighted by Crippen LogP contribution is -2.41. The molecular weight excluding hydrogens is 262 g/mol. The van der Waals surface area contributed by atoms with Gasteiger partial charge in [-0.05, 0) is 30.4 Å². The molecule has 3 N–H and O–H groups in total. The second-order valence-electron chi connectivity index (χ2n) is 5.74. The van der Waals surface area contributed by atoms with E-state index in [1.165, 1.54) is 6.20 Å². The second-order valence-corrected chi connectivity index (χ2v) is 7.46. The smallest absolute Gasteiger partial charge is 0.242 e. The van der Waals surface area contributed by atoms with Gasteiger partial charge in [-0.1, -0.05) is 20.3 Å². The van der Waals surface area contributed by atoms with Crippen molar-refractivity contribution in [2.75, 3.05) is 0 Å². The summed E-state index contributed by atoms with van der Waals surface area (Å²) in [4.78, 5) is 4.23. The lowest BCUT2D eigenvalue weighted by Gasteiger charge is -2.27. The molecule has 1 atom stereocenters. The standard InChI is InChI=1S/C13H21N3O2S/c1-13(2)7-3-4-12(13)16-19(17,18)11-6-5-10(8-14)15-9-11/h5-6,9,12,16H,3-4,7-8,14H2,1-2H3. The highest BCUT2D eigenvalue weighted by Crippen LogP contribution is 2.37. The first kappa shape index (κ1) is 14.4. The highest BCUT2D eigenvalue weighted by atomic mass is 32.2. The van der Waals surface area contributed by atoms with Crippen molar-refractivity contribution in [2.45, 2.75) is 50.6 Å². The average Bonchev–Trinajstić information content (AvgIpc) is 2.68. The molecule has 1 saturated carbocycles. The van der Waals surface area contributed by atoms with E-state index in [0.717, 1.165) is 19.3 Å². The summed E-state index contributed by atoms with van der Waals surface area (Å²) in [7, 11) is -3.49. The van der Waals surface area contributed by atoms with Crippen LogP contribution in [0.4, 0.5) is 0 Å². The Morgan fingerprint density at radius 2 is 2.21 bits per heavy atom. The number of nitrogens with two attached hydrogens (primary N) is 1. The molecule has 19 heavy (non-hydrogen) atoms. The van der Waals surface area contributed by atoms with Crippen molar-refractivity contribution in [2.24, 2.45) is 11.1 Å². The van der Waals surface area contributed by atoms with Crippen LogP contribution in [0.5, 0.6) is 0 Å². The van der Waals surface area contributed by atoms with E-state index in [1.807, 2.05) is 0 Å². The third kappa shape index (κ3) is 3.13. The summed E-state index contributed by atoms with van der Waals surface area (Å²) in [6.07, 6.45) is 4.36. The second kappa shape index (κ2) is 5.19. The van der Waals surface area contributed by atoms with E-state index in [2.05, 4.69) is 23.6 Å². The molecule has 0 spiro atoms. The summed E-state index contributed by atoms with van der Waals surface area (Å²) in [5.41, 5.74) is 6.14. The van der Waals surface area contributed by atoms with Crippen LogP contribution in [-0.2, 0) is 16.6 Å². The Balaban J connectivity index is 2.18. The molecule has 1 aliphatic rings. The summed E-state index contributed by atoms with van der Waals surface area (Å²) in [5, 5.41) is 0. The zero-order chi connectivity index (χ0) is 14.1. The van der Waals surface area contributed by atoms with Gasteiger partial charge < -0.3 is 5.73 Å². The van der Waals surface area contributed by atoms with Crippen LogP contribution < -0.4 is 10.5 Å². The molecule has 2 rings (SSSR count). The van der Waals surface area contributed by atoms with E-state index >= 15 is 0 Å². The normalized spacial score (nSPS) is 22.6. The Bertz CT molecular complexity index is 538. The number of nitrogens with zero attached hydrogens (tertiary/aromatic N) is 1. The van der Waals surface area contributed by atoms with E-state index in [9.17, 15) is 8.42 Å². The largest absolute Gasteiger partial charge is 0.325 e. The number of pyridine rings is 1. The predicted octanol–water partition coefficient (Wildman–Crippen LogP) is 1.40. The molecule has 1 aromatic heterocycles. The molecule has 0 bridgehead atoms. The molecule has 1 aliphatic carbocycles. The molecule has 1 heterocycles. The number of aromatic nitrogens is 1. The highest BCUT2D eigenvalue weighted by Gasteiger charge is 2.37. The van der Waals surface area contributed by atoms with Gasteiger partial charge >= 0.3 is 0 Å². The molecule has 0 aliphatic heterocycles. The highest BCUT2D eigenvalue weighted by molar-refractivity contribution is 7.89. The van der Waals surface area contributed by atoms with Crippen LogP contribution in [0.3, 0.4) is 0 Å². The zero-order valence-electron chi connectivity index (χ0n) is 11.4. The SMILES string of the molecule is CC1(C)CCCC1NS(=O)(=O)c1ccc(CN)nc1. The number of rotatable bonds is 4. The van der Waals surface area contributed by atoms with Gasteiger partial charge in [-0.15, -0.1) is 0 Å². The monoisotopic (exact) mass is 283 g/mol. The minimum atomic E-state index is -3.49. The van der Waals surface area contributed by atoms with Crippen LogP contribution in [0, 0.1) is 5.41 Å². The molecule has 106 valence electrons. The summed E-state index contributed by atoms with van der Waals surface area (Å²) in [6.45, 7) is 4.51. The van der Waals surface area contributed by atoms with Crippen molar-refractivity contribution in [3.05, 3.63) is 24.0 Å². The predicted molar refractivity (Wildman–Crippen MR) is 73.9 cm³/mol. The summed E-state index contributed by atoms with van der Waals surface area (Å²) >= 11 is 0.